The lowest BCUT2D eigenvalue weighted by Crippen LogP contribution is -2.37. The van der Waals surface area contributed by atoms with Gasteiger partial charge >= 0.3 is 5.97 Å². The van der Waals surface area contributed by atoms with Crippen molar-refractivity contribution < 1.29 is 23.9 Å². The summed E-state index contributed by atoms with van der Waals surface area (Å²) >= 11 is 0. The number of benzene rings is 1. The van der Waals surface area contributed by atoms with Gasteiger partial charge in [-0.15, -0.1) is 0 Å². The number of imide groups is 1. The molecule has 0 radical (unpaired) electrons. The van der Waals surface area contributed by atoms with Gasteiger partial charge in [0.1, 0.15) is 6.54 Å². The highest BCUT2D eigenvalue weighted by atomic mass is 16.5. The van der Waals surface area contributed by atoms with Gasteiger partial charge in [-0.05, 0) is 37.1 Å². The first kappa shape index (κ1) is 18.6. The topological polar surface area (TPSA) is 117 Å². The number of rotatable bonds is 5. The minimum absolute atomic E-state index is 0.316. The van der Waals surface area contributed by atoms with E-state index in [1.165, 1.54) is 0 Å². The highest BCUT2D eigenvalue weighted by Crippen LogP contribution is 2.37. The zero-order valence-corrected chi connectivity index (χ0v) is 14.6. The molecular formula is C19H19N3O5. The number of anilines is 1. The molecule has 0 unspecified atom stereocenters. The molecule has 3 amide bonds. The first-order chi connectivity index (χ1) is 13.0. The average Bonchev–Trinajstić information content (AvgIpc) is 2.92. The van der Waals surface area contributed by atoms with Crippen molar-refractivity contribution >= 4 is 29.4 Å². The van der Waals surface area contributed by atoms with Crippen molar-refractivity contribution in [3.05, 3.63) is 29.8 Å². The number of amides is 3. The van der Waals surface area contributed by atoms with E-state index in [4.69, 9.17) is 10.00 Å². The number of carbonyl (C=O) groups excluding carboxylic acids is 4. The minimum Gasteiger partial charge on any atom is -0.454 e. The lowest BCUT2D eigenvalue weighted by atomic mass is 9.81. The predicted molar refractivity (Wildman–Crippen MR) is 92.9 cm³/mol. The summed E-state index contributed by atoms with van der Waals surface area (Å²) in [5, 5.41) is 11.3. The van der Waals surface area contributed by atoms with E-state index in [2.05, 4.69) is 5.32 Å². The largest absolute Gasteiger partial charge is 0.454 e. The van der Waals surface area contributed by atoms with Gasteiger partial charge in [0.25, 0.3) is 5.91 Å². The zero-order chi connectivity index (χ0) is 19.4. The molecule has 0 aromatic heterocycles. The van der Waals surface area contributed by atoms with E-state index in [-0.39, 0.29) is 23.7 Å². The zero-order valence-electron chi connectivity index (χ0n) is 14.6. The van der Waals surface area contributed by atoms with E-state index in [1.54, 1.807) is 24.3 Å². The summed E-state index contributed by atoms with van der Waals surface area (Å²) < 4.78 is 4.88. The number of fused-ring (bicyclic) bond motifs is 1. The molecule has 1 aliphatic heterocycles. The van der Waals surface area contributed by atoms with Crippen LogP contribution in [0.4, 0.5) is 5.69 Å². The first-order valence-electron chi connectivity index (χ1n) is 8.80. The number of nitrogens with one attached hydrogen (secondary N) is 1. The normalized spacial score (nSPS) is 21.4. The van der Waals surface area contributed by atoms with Crippen molar-refractivity contribution in [2.45, 2.75) is 25.7 Å². The Balaban J connectivity index is 1.47. The van der Waals surface area contributed by atoms with Gasteiger partial charge in [-0.2, -0.15) is 5.26 Å². The van der Waals surface area contributed by atoms with E-state index in [0.717, 1.165) is 17.7 Å². The van der Waals surface area contributed by atoms with Crippen LogP contribution in [0.2, 0.25) is 0 Å². The van der Waals surface area contributed by atoms with Crippen LogP contribution in [0.5, 0.6) is 0 Å². The summed E-state index contributed by atoms with van der Waals surface area (Å²) in [6, 6.07) is 8.17. The maximum Gasteiger partial charge on any atom is 0.326 e. The number of ether oxygens (including phenoxy) is 1. The summed E-state index contributed by atoms with van der Waals surface area (Å²) in [4.78, 5) is 49.4. The summed E-state index contributed by atoms with van der Waals surface area (Å²) in [6.07, 6.45) is 3.17. The predicted octanol–water partition coefficient (Wildman–Crippen LogP) is 1.22. The van der Waals surface area contributed by atoms with Gasteiger partial charge in [0, 0.05) is 5.69 Å². The van der Waals surface area contributed by atoms with E-state index in [0.29, 0.717) is 24.1 Å². The van der Waals surface area contributed by atoms with Crippen LogP contribution in [0.3, 0.4) is 0 Å². The maximum absolute atomic E-state index is 12.3. The highest BCUT2D eigenvalue weighted by Gasteiger charge is 2.48. The third kappa shape index (κ3) is 4.14. The Morgan fingerprint density at radius 3 is 2.26 bits per heavy atom. The van der Waals surface area contributed by atoms with Gasteiger partial charge in [-0.1, -0.05) is 12.8 Å². The Morgan fingerprint density at radius 1 is 1.11 bits per heavy atom. The van der Waals surface area contributed by atoms with E-state index < -0.39 is 25.0 Å². The molecule has 0 bridgehead atoms. The van der Waals surface area contributed by atoms with Crippen LogP contribution in [0.15, 0.2) is 24.3 Å². The fourth-order valence-electron chi connectivity index (χ4n) is 3.53. The molecule has 0 spiro atoms. The van der Waals surface area contributed by atoms with E-state index in [1.807, 2.05) is 6.07 Å². The second-order valence-corrected chi connectivity index (χ2v) is 6.66. The molecular weight excluding hydrogens is 350 g/mol. The second-order valence-electron chi connectivity index (χ2n) is 6.66. The Hall–Kier alpha value is -3.21. The van der Waals surface area contributed by atoms with Crippen LogP contribution in [-0.4, -0.2) is 41.7 Å². The van der Waals surface area contributed by atoms with E-state index in [9.17, 15) is 19.2 Å². The lowest BCUT2D eigenvalue weighted by molar-refractivity contribution is -0.154. The Labute approximate surface area is 156 Å². The fraction of sp³-hybridized carbons (Fsp3) is 0.421. The van der Waals surface area contributed by atoms with E-state index >= 15 is 0 Å². The molecule has 1 aromatic carbocycles. The molecule has 140 valence electrons. The van der Waals surface area contributed by atoms with Crippen LogP contribution in [0, 0.1) is 23.2 Å². The molecule has 1 saturated heterocycles. The average molecular weight is 369 g/mol. The van der Waals surface area contributed by atoms with Gasteiger partial charge in [-0.25, -0.2) is 0 Å². The third-order valence-corrected chi connectivity index (χ3v) is 4.88. The molecule has 2 aliphatic rings. The van der Waals surface area contributed by atoms with Gasteiger partial charge in [0.15, 0.2) is 6.61 Å². The standard InChI is InChI=1S/C19H19N3O5/c20-9-12-5-7-13(8-6-12)21-16(23)11-27-17(24)10-22-18(25)14-3-1-2-4-15(14)19(22)26/h5-8,14-15H,1-4,10-11H2,(H,21,23)/t14-,15+. The smallest absolute Gasteiger partial charge is 0.326 e. The van der Waals surface area contributed by atoms with Crippen LogP contribution >= 0.6 is 0 Å². The maximum atomic E-state index is 12.3. The third-order valence-electron chi connectivity index (χ3n) is 4.88. The summed E-state index contributed by atoms with van der Waals surface area (Å²) in [6.45, 7) is -0.989. The molecule has 2 fully saturated rings. The summed E-state index contributed by atoms with van der Waals surface area (Å²) in [7, 11) is 0. The summed E-state index contributed by atoms with van der Waals surface area (Å²) in [5.41, 5.74) is 0.920. The molecule has 3 rings (SSSR count). The van der Waals surface area contributed by atoms with Crippen molar-refractivity contribution in [2.24, 2.45) is 11.8 Å². The van der Waals surface area contributed by atoms with Crippen molar-refractivity contribution in [2.75, 3.05) is 18.5 Å². The van der Waals surface area contributed by atoms with Crippen LogP contribution < -0.4 is 5.32 Å². The Kier molecular flexibility index (Phi) is 5.50. The van der Waals surface area contributed by atoms with Gasteiger partial charge in [0.2, 0.25) is 11.8 Å². The van der Waals surface area contributed by atoms with Crippen molar-refractivity contribution in [3.63, 3.8) is 0 Å². The fourth-order valence-corrected chi connectivity index (χ4v) is 3.53. The highest BCUT2D eigenvalue weighted by molar-refractivity contribution is 6.07. The molecule has 1 aliphatic carbocycles. The monoisotopic (exact) mass is 369 g/mol. The molecule has 27 heavy (non-hydrogen) atoms. The van der Waals surface area contributed by atoms with Gasteiger partial charge < -0.3 is 10.1 Å². The molecule has 8 heteroatoms. The minimum atomic E-state index is -0.801. The Morgan fingerprint density at radius 2 is 1.70 bits per heavy atom. The quantitative estimate of drug-likeness (QED) is 0.616. The summed E-state index contributed by atoms with van der Waals surface area (Å²) in [5.74, 6) is -2.63. The number of nitriles is 1. The molecule has 1 saturated carbocycles. The number of hydrogen-bond donors (Lipinski definition) is 1. The number of likely N-dealkylation sites (tertiary alicyclic amines) is 1. The van der Waals surface area contributed by atoms with Crippen molar-refractivity contribution in [1.82, 2.24) is 4.90 Å². The lowest BCUT2D eigenvalue weighted by Gasteiger charge is -2.19. The number of nitrogens with zero attached hydrogens (tertiary/aromatic N) is 2. The van der Waals surface area contributed by atoms with Gasteiger partial charge in [-0.3, -0.25) is 24.1 Å². The Bertz CT molecular complexity index is 788. The molecule has 1 heterocycles. The van der Waals surface area contributed by atoms with Crippen molar-refractivity contribution in [1.29, 1.82) is 5.26 Å². The van der Waals surface area contributed by atoms with Crippen LogP contribution in [0.25, 0.3) is 0 Å². The van der Waals surface area contributed by atoms with Crippen LogP contribution in [-0.2, 0) is 23.9 Å². The SMILES string of the molecule is N#Cc1ccc(NC(=O)COC(=O)CN2C(=O)[C@H]3CCCC[C@H]3C2=O)cc1. The number of esters is 1. The second kappa shape index (κ2) is 7.99. The molecule has 8 nitrogen and oxygen atoms in total. The number of hydrogen-bond acceptors (Lipinski definition) is 6. The molecule has 1 N–H and O–H groups in total. The molecule has 2 atom stereocenters. The molecule has 1 aromatic rings. The first-order valence-corrected chi connectivity index (χ1v) is 8.80. The number of carbonyl (C=O) groups is 4. The van der Waals surface area contributed by atoms with Crippen LogP contribution in [0.1, 0.15) is 31.2 Å². The van der Waals surface area contributed by atoms with Crippen molar-refractivity contribution in [3.8, 4) is 6.07 Å². The van der Waals surface area contributed by atoms with Gasteiger partial charge in [0.05, 0.1) is 23.5 Å².